The van der Waals surface area contributed by atoms with Gasteiger partial charge in [-0.15, -0.1) is 0 Å². The summed E-state index contributed by atoms with van der Waals surface area (Å²) in [5, 5.41) is 3.65. The smallest absolute Gasteiger partial charge is 0.0223 e. The molecule has 0 aromatic rings. The lowest BCUT2D eigenvalue weighted by atomic mass is 10.1. The summed E-state index contributed by atoms with van der Waals surface area (Å²) in [7, 11) is 2.34. The largest absolute Gasteiger partial charge is 0.314 e. The van der Waals surface area contributed by atoms with E-state index < -0.39 is 0 Å². The summed E-state index contributed by atoms with van der Waals surface area (Å²) < 4.78 is 0. The van der Waals surface area contributed by atoms with E-state index >= 15 is 0 Å². The van der Waals surface area contributed by atoms with E-state index in [1.54, 1.807) is 0 Å². The van der Waals surface area contributed by atoms with Gasteiger partial charge in [0.05, 0.1) is 0 Å². The van der Waals surface area contributed by atoms with Crippen LogP contribution in [0.4, 0.5) is 0 Å². The molecule has 2 aliphatic heterocycles. The molecular weight excluding hydrogens is 222 g/mol. The second-order valence-electron chi connectivity index (χ2n) is 6.70. The Kier molecular flexibility index (Phi) is 3.92. The molecule has 0 spiro atoms. The predicted molar refractivity (Wildman–Crippen MR) is 75.9 cm³/mol. The van der Waals surface area contributed by atoms with E-state index in [2.05, 4.69) is 29.1 Å². The zero-order valence-corrected chi connectivity index (χ0v) is 12.1. The number of hydrogen-bond acceptors (Lipinski definition) is 3. The van der Waals surface area contributed by atoms with Crippen LogP contribution >= 0.6 is 0 Å². The van der Waals surface area contributed by atoms with Gasteiger partial charge in [0.2, 0.25) is 0 Å². The van der Waals surface area contributed by atoms with Crippen molar-refractivity contribution in [3.8, 4) is 0 Å². The minimum Gasteiger partial charge on any atom is -0.314 e. The average Bonchev–Trinajstić information content (AvgIpc) is 3.08. The lowest BCUT2D eigenvalue weighted by Gasteiger charge is -2.31. The number of rotatable bonds is 5. The average molecular weight is 251 g/mol. The lowest BCUT2D eigenvalue weighted by molar-refractivity contribution is 0.173. The molecule has 1 N–H and O–H groups in total. The first-order chi connectivity index (χ1) is 8.74. The summed E-state index contributed by atoms with van der Waals surface area (Å²) in [6, 6.07) is 3.32. The molecule has 3 heteroatoms. The number of fused-ring (bicyclic) bond motifs is 2. The van der Waals surface area contributed by atoms with E-state index in [0.29, 0.717) is 0 Å². The van der Waals surface area contributed by atoms with Gasteiger partial charge in [0.1, 0.15) is 0 Å². The van der Waals surface area contributed by atoms with Crippen molar-refractivity contribution in [2.75, 3.05) is 26.7 Å². The highest BCUT2D eigenvalue weighted by Crippen LogP contribution is 2.29. The summed E-state index contributed by atoms with van der Waals surface area (Å²) in [5.41, 5.74) is 0. The Morgan fingerprint density at radius 1 is 1.11 bits per heavy atom. The second-order valence-corrected chi connectivity index (χ2v) is 6.70. The number of nitrogens with one attached hydrogen (secondary N) is 1. The fourth-order valence-electron chi connectivity index (χ4n) is 3.70. The SMILES string of the molecule is CC(CCNC1CC1)N1CCC2CCC(C1)N2C. The highest BCUT2D eigenvalue weighted by Gasteiger charge is 2.35. The van der Waals surface area contributed by atoms with Crippen molar-refractivity contribution in [3.05, 3.63) is 0 Å². The summed E-state index contributed by atoms with van der Waals surface area (Å²) in [6.45, 7) is 6.26. The first-order valence-corrected chi connectivity index (χ1v) is 7.93. The predicted octanol–water partition coefficient (Wildman–Crippen LogP) is 1.69. The van der Waals surface area contributed by atoms with Gasteiger partial charge in [-0.05, 0) is 65.6 Å². The zero-order chi connectivity index (χ0) is 12.5. The van der Waals surface area contributed by atoms with Crippen LogP contribution in [0.1, 0.15) is 45.4 Å². The first kappa shape index (κ1) is 12.9. The normalized spacial score (nSPS) is 35.7. The van der Waals surface area contributed by atoms with Crippen LogP contribution in [0.2, 0.25) is 0 Å². The van der Waals surface area contributed by atoms with Crippen LogP contribution in [0.3, 0.4) is 0 Å². The van der Waals surface area contributed by atoms with Gasteiger partial charge >= 0.3 is 0 Å². The van der Waals surface area contributed by atoms with E-state index in [1.807, 2.05) is 0 Å². The topological polar surface area (TPSA) is 18.5 Å². The Morgan fingerprint density at radius 3 is 2.67 bits per heavy atom. The summed E-state index contributed by atoms with van der Waals surface area (Å²) in [6.07, 6.45) is 8.38. The third kappa shape index (κ3) is 2.89. The third-order valence-electron chi connectivity index (χ3n) is 5.38. The van der Waals surface area contributed by atoms with Crippen molar-refractivity contribution >= 4 is 0 Å². The Labute approximate surface area is 112 Å². The zero-order valence-electron chi connectivity index (χ0n) is 12.1. The van der Waals surface area contributed by atoms with Gasteiger partial charge in [0, 0.05) is 30.7 Å². The van der Waals surface area contributed by atoms with E-state index in [-0.39, 0.29) is 0 Å². The monoisotopic (exact) mass is 251 g/mol. The summed E-state index contributed by atoms with van der Waals surface area (Å²) in [5.74, 6) is 0. The van der Waals surface area contributed by atoms with Crippen molar-refractivity contribution in [1.82, 2.24) is 15.1 Å². The van der Waals surface area contributed by atoms with Gasteiger partial charge in [0.15, 0.2) is 0 Å². The molecular formula is C15H29N3. The molecule has 2 bridgehead atoms. The number of nitrogens with zero attached hydrogens (tertiary/aromatic N) is 2. The van der Waals surface area contributed by atoms with Gasteiger partial charge in [-0.2, -0.15) is 0 Å². The minimum absolute atomic E-state index is 0.754. The molecule has 1 saturated carbocycles. The maximum atomic E-state index is 3.65. The molecule has 3 rings (SSSR count). The fourth-order valence-corrected chi connectivity index (χ4v) is 3.70. The van der Waals surface area contributed by atoms with Crippen LogP contribution in [0.5, 0.6) is 0 Å². The molecule has 3 aliphatic rings. The van der Waals surface area contributed by atoms with E-state index in [4.69, 9.17) is 0 Å². The molecule has 1 aliphatic carbocycles. The Morgan fingerprint density at radius 2 is 1.89 bits per heavy atom. The maximum Gasteiger partial charge on any atom is 0.0223 e. The van der Waals surface area contributed by atoms with E-state index in [1.165, 1.54) is 58.2 Å². The molecule has 0 radical (unpaired) electrons. The number of likely N-dealkylation sites (tertiary alicyclic amines) is 1. The van der Waals surface area contributed by atoms with Crippen LogP contribution in [0.15, 0.2) is 0 Å². The van der Waals surface area contributed by atoms with Crippen molar-refractivity contribution in [2.24, 2.45) is 0 Å². The van der Waals surface area contributed by atoms with Crippen molar-refractivity contribution in [2.45, 2.75) is 69.6 Å². The highest BCUT2D eigenvalue weighted by molar-refractivity contribution is 4.92. The van der Waals surface area contributed by atoms with Gasteiger partial charge < -0.3 is 5.32 Å². The van der Waals surface area contributed by atoms with Crippen molar-refractivity contribution in [1.29, 1.82) is 0 Å². The molecule has 2 saturated heterocycles. The summed E-state index contributed by atoms with van der Waals surface area (Å²) in [4.78, 5) is 5.39. The number of hydrogen-bond donors (Lipinski definition) is 1. The fraction of sp³-hybridized carbons (Fsp3) is 1.00. The van der Waals surface area contributed by atoms with Crippen LogP contribution in [-0.2, 0) is 0 Å². The standard InChI is InChI=1S/C15H29N3/c1-12(7-9-16-13-3-4-13)18-10-8-14-5-6-15(11-18)17(14)2/h12-16H,3-11H2,1-2H3. The molecule has 3 fully saturated rings. The van der Waals surface area contributed by atoms with Gasteiger partial charge in [0.25, 0.3) is 0 Å². The highest BCUT2D eigenvalue weighted by atomic mass is 15.3. The lowest BCUT2D eigenvalue weighted by Crippen LogP contribution is -2.42. The molecule has 3 nitrogen and oxygen atoms in total. The molecule has 3 atom stereocenters. The quantitative estimate of drug-likeness (QED) is 0.802. The Balaban J connectivity index is 1.46. The van der Waals surface area contributed by atoms with Crippen molar-refractivity contribution in [3.63, 3.8) is 0 Å². The molecule has 0 aromatic carbocycles. The molecule has 18 heavy (non-hydrogen) atoms. The van der Waals surface area contributed by atoms with Crippen LogP contribution in [0.25, 0.3) is 0 Å². The van der Waals surface area contributed by atoms with Gasteiger partial charge in [-0.3, -0.25) is 9.80 Å². The van der Waals surface area contributed by atoms with E-state index in [0.717, 1.165) is 24.2 Å². The summed E-state index contributed by atoms with van der Waals surface area (Å²) >= 11 is 0. The number of likely N-dealkylation sites (N-methyl/N-ethyl adjacent to an activating group) is 1. The molecule has 3 unspecified atom stereocenters. The van der Waals surface area contributed by atoms with Crippen LogP contribution in [0, 0.1) is 0 Å². The first-order valence-electron chi connectivity index (χ1n) is 7.93. The van der Waals surface area contributed by atoms with Crippen LogP contribution in [-0.4, -0.2) is 60.6 Å². The Bertz CT molecular complexity index is 277. The van der Waals surface area contributed by atoms with E-state index in [9.17, 15) is 0 Å². The van der Waals surface area contributed by atoms with Crippen molar-refractivity contribution < 1.29 is 0 Å². The van der Waals surface area contributed by atoms with Gasteiger partial charge in [-0.1, -0.05) is 0 Å². The molecule has 2 heterocycles. The maximum absolute atomic E-state index is 3.65. The third-order valence-corrected chi connectivity index (χ3v) is 5.38. The molecule has 0 amide bonds. The van der Waals surface area contributed by atoms with Crippen LogP contribution < -0.4 is 5.32 Å². The van der Waals surface area contributed by atoms with Gasteiger partial charge in [-0.25, -0.2) is 0 Å². The molecule has 104 valence electrons. The minimum atomic E-state index is 0.754. The Hall–Kier alpha value is -0.120. The molecule has 0 aromatic heterocycles. The second kappa shape index (κ2) is 5.48.